The fourth-order valence-electron chi connectivity index (χ4n) is 7.46. The van der Waals surface area contributed by atoms with Crippen LogP contribution in [0.4, 0.5) is 34.1 Å². The van der Waals surface area contributed by atoms with Gasteiger partial charge in [0.15, 0.2) is 5.75 Å². The molecule has 0 atom stereocenters. The summed E-state index contributed by atoms with van der Waals surface area (Å²) in [6.45, 7) is 7.45. The zero-order valence-electron chi connectivity index (χ0n) is 40.1. The molecule has 0 aliphatic heterocycles. The van der Waals surface area contributed by atoms with E-state index >= 15 is 0 Å². The van der Waals surface area contributed by atoms with Crippen LogP contribution in [0.5, 0.6) is 23.0 Å². The first kappa shape index (κ1) is 57.6. The van der Waals surface area contributed by atoms with Crippen molar-refractivity contribution in [2.45, 2.75) is 37.5 Å². The fourth-order valence-corrected chi connectivity index (χ4v) is 9.58. The molecule has 0 fully saturated rings. The molecule has 0 saturated heterocycles. The molecule has 4 N–H and O–H groups in total. The van der Waals surface area contributed by atoms with Crippen molar-refractivity contribution in [1.29, 1.82) is 0 Å². The van der Waals surface area contributed by atoms with E-state index in [1.807, 2.05) is 6.92 Å². The molecule has 0 saturated carbocycles. The number of amides is 1. The molecule has 0 unspecified atom stereocenters. The molecule has 0 radical (unpaired) electrons. The Kier molecular flexibility index (Phi) is 19.0. The third-order valence-corrected chi connectivity index (χ3v) is 13.0. The Hall–Kier alpha value is -6.72. The first-order chi connectivity index (χ1) is 35.2. The summed E-state index contributed by atoms with van der Waals surface area (Å²) >= 11 is 11.9. The number of rotatable bonds is 14. The van der Waals surface area contributed by atoms with Crippen LogP contribution in [0.15, 0.2) is 169 Å². The predicted molar refractivity (Wildman–Crippen MR) is 284 cm³/mol. The number of aliphatic imine (C=N–C) groups is 1. The number of hydrogen-bond donors (Lipinski definition) is 4. The van der Waals surface area contributed by atoms with E-state index in [9.17, 15) is 46.1 Å². The molecule has 8 rings (SSSR count). The number of nitrogens with one attached hydrogen (secondary N) is 1. The quantitative estimate of drug-likeness (QED) is 0.0260. The number of aromatic hydroxyl groups is 1. The van der Waals surface area contributed by atoms with Gasteiger partial charge in [-0.3, -0.25) is 18.9 Å². The van der Waals surface area contributed by atoms with Crippen LogP contribution in [0.1, 0.15) is 40.9 Å². The number of hydrogen-bond acceptors (Lipinski definition) is 15. The van der Waals surface area contributed by atoms with Crippen molar-refractivity contribution in [2.75, 3.05) is 18.5 Å². The third kappa shape index (κ3) is 13.6. The van der Waals surface area contributed by atoms with E-state index in [4.69, 9.17) is 32.7 Å². The van der Waals surface area contributed by atoms with Gasteiger partial charge in [-0.25, -0.2) is 0 Å². The van der Waals surface area contributed by atoms with Gasteiger partial charge in [-0.05, 0) is 122 Å². The minimum atomic E-state index is -4.70. The maximum absolute atomic E-state index is 13.4. The normalized spacial score (nSPS) is 11.9. The van der Waals surface area contributed by atoms with Crippen LogP contribution in [0, 0.1) is 13.8 Å². The molecular weight excluding hydrogens is 1080 g/mol. The molecule has 380 valence electrons. The molecule has 75 heavy (non-hydrogen) atoms. The molecule has 8 aromatic carbocycles. The number of phenols is 1. The predicted octanol–water partition coefficient (Wildman–Crippen LogP) is 11.8. The second-order valence-electron chi connectivity index (χ2n) is 15.9. The second-order valence-corrected chi connectivity index (χ2v) is 19.5. The van der Waals surface area contributed by atoms with Gasteiger partial charge in [0.1, 0.15) is 44.0 Å². The van der Waals surface area contributed by atoms with Crippen molar-refractivity contribution in [3.8, 4) is 23.0 Å². The van der Waals surface area contributed by atoms with Gasteiger partial charge >= 0.3 is 37.7 Å². The van der Waals surface area contributed by atoms with E-state index in [0.29, 0.717) is 63.1 Å². The Bertz CT molecular complexity index is 3830. The average Bonchev–Trinajstić information content (AvgIpc) is 3.34. The van der Waals surface area contributed by atoms with E-state index in [0.717, 1.165) is 12.1 Å². The van der Waals surface area contributed by atoms with Crippen LogP contribution in [0.3, 0.4) is 0 Å². The molecule has 1 amide bonds. The molecule has 0 spiro atoms. The van der Waals surface area contributed by atoms with Crippen LogP contribution in [0.25, 0.3) is 21.5 Å². The van der Waals surface area contributed by atoms with E-state index in [2.05, 4.69) is 30.8 Å². The number of para-hydroxylation sites is 4. The van der Waals surface area contributed by atoms with Crippen LogP contribution in [0.2, 0.25) is 10.0 Å². The maximum atomic E-state index is 13.4. The minimum absolute atomic E-state index is 0. The van der Waals surface area contributed by atoms with E-state index in [1.54, 1.807) is 111 Å². The molecule has 0 aliphatic carbocycles. The summed E-state index contributed by atoms with van der Waals surface area (Å²) in [6, 6.07) is 35.1. The third-order valence-electron chi connectivity index (χ3n) is 10.8. The second kappa shape index (κ2) is 24.7. The summed E-state index contributed by atoms with van der Waals surface area (Å²) in [5.41, 5.74) is 0.382. The van der Waals surface area contributed by atoms with E-state index < -0.39 is 53.3 Å². The summed E-state index contributed by atoms with van der Waals surface area (Å²) in [7, 11) is -9.38. The van der Waals surface area contributed by atoms with Gasteiger partial charge in [0, 0.05) is 20.8 Å². The van der Waals surface area contributed by atoms with Gasteiger partial charge in [-0.1, -0.05) is 102 Å². The number of aryl methyl sites for hydroxylation is 2. The zero-order chi connectivity index (χ0) is 53.5. The first-order valence-corrected chi connectivity index (χ1v) is 25.7. The van der Waals surface area contributed by atoms with Gasteiger partial charge < -0.3 is 30.1 Å². The summed E-state index contributed by atoms with van der Waals surface area (Å²) in [6.07, 6.45) is 0. The number of carbonyl (C=O) groups is 1. The number of benzene rings is 8. The Balaban J connectivity index is 0.000000241. The molecule has 18 nitrogen and oxygen atoms in total. The van der Waals surface area contributed by atoms with E-state index in [-0.39, 0.29) is 87.3 Å². The summed E-state index contributed by atoms with van der Waals surface area (Å²) in [5, 5.41) is 58.7. The molecule has 0 heterocycles. The fraction of sp³-hybridized carbons (Fsp3) is 0.115. The van der Waals surface area contributed by atoms with Crippen molar-refractivity contribution in [1.82, 2.24) is 0 Å². The maximum Gasteiger partial charge on any atom is 2.00 e. The van der Waals surface area contributed by atoms with Crippen molar-refractivity contribution >= 4 is 149 Å². The van der Waals surface area contributed by atoms with Gasteiger partial charge in [-0.15, -0.1) is 15.3 Å². The van der Waals surface area contributed by atoms with Crippen molar-refractivity contribution in [2.24, 2.45) is 25.4 Å². The summed E-state index contributed by atoms with van der Waals surface area (Å²) in [5.74, 6) is -1.77. The Labute approximate surface area is 470 Å². The number of carbonyl (C=O) groups excluding carboxylic acids is 1. The van der Waals surface area contributed by atoms with Crippen LogP contribution in [-0.4, -0.2) is 93.8 Å². The summed E-state index contributed by atoms with van der Waals surface area (Å²) in [4.78, 5) is 16.2. The van der Waals surface area contributed by atoms with E-state index in [1.165, 1.54) is 31.2 Å². The molecule has 0 bridgehead atoms. The van der Waals surface area contributed by atoms with Gasteiger partial charge in [-0.2, -0.15) is 21.9 Å². The molecule has 23 heteroatoms. The van der Waals surface area contributed by atoms with Crippen LogP contribution in [-0.2, 0) is 20.2 Å². The van der Waals surface area contributed by atoms with Crippen molar-refractivity contribution in [3.05, 3.63) is 166 Å². The summed E-state index contributed by atoms with van der Waals surface area (Å²) < 4.78 is 78.0. The standard InChI is InChI=1S/2C26H22ClN3O6S.Ca/c2*1-3-36-21-11-7-6-10-20(21)28-26(32)19-13-16-8-4-5-9-18(16)24(25(19)31)30-29-23-15(2)12-17(27)14-22(23)37(33,34)35;/h2*4-14,31H,3H2,1-2H3,(H,28,32)(H,33,34,35);/q;;+2/p-2. The number of anilines is 1. The molecule has 0 aromatic heterocycles. The number of nitrogens with zero attached hydrogens (tertiary/aromatic N) is 5. The van der Waals surface area contributed by atoms with Crippen molar-refractivity contribution < 1.29 is 55.5 Å². The smallest absolute Gasteiger partial charge is 0.871 e. The topological polar surface area (TPSA) is 284 Å². The first-order valence-electron chi connectivity index (χ1n) is 22.1. The number of ether oxygens (including phenoxy) is 2. The number of azo groups is 2. The van der Waals surface area contributed by atoms with Gasteiger partial charge in [0.05, 0.1) is 30.2 Å². The van der Waals surface area contributed by atoms with Crippen LogP contribution >= 0.6 is 23.2 Å². The van der Waals surface area contributed by atoms with Gasteiger partial charge in [0.25, 0.3) is 26.1 Å². The minimum Gasteiger partial charge on any atom is -0.871 e. The van der Waals surface area contributed by atoms with Gasteiger partial charge in [0.2, 0.25) is 0 Å². The monoisotopic (exact) mass is 1120 g/mol. The Morgan fingerprint density at radius 3 is 1.60 bits per heavy atom. The molecule has 8 aromatic rings. The van der Waals surface area contributed by atoms with Crippen LogP contribution < -0.4 is 25.0 Å². The largest absolute Gasteiger partial charge is 2.00 e. The average molecular weight is 1120 g/mol. The number of phenolic OH excluding ortho intramolecular Hbond substituents is 1. The molecule has 0 aliphatic rings. The Morgan fingerprint density at radius 2 is 1.05 bits per heavy atom. The molecular formula is C52H42CaCl2N6O12S2. The number of halogens is 2. The van der Waals surface area contributed by atoms with Crippen molar-refractivity contribution in [3.63, 3.8) is 0 Å². The Morgan fingerprint density at radius 1 is 0.613 bits per heavy atom. The SMILES string of the molecule is CCOc1ccccc1N=C([O-])c1cc2ccccc2c(N=Nc2c(C)cc(Cl)cc2S(=O)(=O)O)c1[O-].CCOc1ccccc1NC(=O)c1cc2ccccc2c(N=Nc2c(C)cc(Cl)cc2S(=O)(=O)O)c1O.[Ca+2]. The number of fused-ring (bicyclic) bond motifs is 2. The zero-order valence-corrected chi connectivity index (χ0v) is 45.5.